The average Bonchev–Trinajstić information content (AvgIpc) is 2.84. The number of hydrogen-bond acceptors (Lipinski definition) is 3. The summed E-state index contributed by atoms with van der Waals surface area (Å²) in [6.45, 7) is 4.55. The molecule has 3 heterocycles. The molecule has 1 saturated heterocycles. The van der Waals surface area contributed by atoms with Crippen molar-refractivity contribution in [1.82, 2.24) is 14.5 Å². The van der Waals surface area contributed by atoms with Gasteiger partial charge in [-0.3, -0.25) is 0 Å². The lowest BCUT2D eigenvalue weighted by Gasteiger charge is -2.26. The molecule has 3 rings (SSSR count). The van der Waals surface area contributed by atoms with Crippen molar-refractivity contribution in [2.45, 2.75) is 32.4 Å². The molecule has 0 aliphatic carbocycles. The molecule has 1 aliphatic heterocycles. The first-order valence-corrected chi connectivity index (χ1v) is 7.14. The molecule has 1 fully saturated rings. The lowest BCUT2D eigenvalue weighted by molar-refractivity contribution is 0.221. The lowest BCUT2D eigenvalue weighted by atomic mass is 10.1. The number of nitrogens with zero attached hydrogens (tertiary/aromatic N) is 3. The van der Waals surface area contributed by atoms with E-state index in [4.69, 9.17) is 0 Å². The Morgan fingerprint density at radius 2 is 2.00 bits per heavy atom. The van der Waals surface area contributed by atoms with Crippen LogP contribution in [0, 0.1) is 0 Å². The highest BCUT2D eigenvalue weighted by molar-refractivity contribution is 5.80. The number of likely N-dealkylation sites (tertiary alicyclic amines) is 1. The molecule has 0 saturated carbocycles. The molecule has 1 N–H and O–H groups in total. The molecular weight excluding hydrogens is 238 g/mol. The smallest absolute Gasteiger partial charge is 0.140 e. The standard InChI is InChI=1S/C15H21N3O/c19-12-13-11-18(15-14(13)5-4-6-16-15)10-9-17-7-2-1-3-8-17/h4-6,11,19H,1-3,7-10,12H2. The molecule has 0 unspecified atom stereocenters. The molecule has 102 valence electrons. The van der Waals surface area contributed by atoms with Crippen molar-refractivity contribution in [2.75, 3.05) is 19.6 Å². The first-order valence-electron chi connectivity index (χ1n) is 7.14. The molecule has 0 bridgehead atoms. The summed E-state index contributed by atoms with van der Waals surface area (Å²) in [4.78, 5) is 6.97. The number of aliphatic hydroxyl groups is 1. The molecule has 4 nitrogen and oxygen atoms in total. The first kappa shape index (κ1) is 12.6. The Kier molecular flexibility index (Phi) is 3.80. The summed E-state index contributed by atoms with van der Waals surface area (Å²) in [5, 5.41) is 10.5. The normalized spacial score (nSPS) is 17.1. The van der Waals surface area contributed by atoms with E-state index in [0.717, 1.165) is 29.7 Å². The van der Waals surface area contributed by atoms with Gasteiger partial charge < -0.3 is 14.6 Å². The van der Waals surface area contributed by atoms with Crippen LogP contribution in [0.4, 0.5) is 0 Å². The van der Waals surface area contributed by atoms with Gasteiger partial charge in [-0.2, -0.15) is 0 Å². The zero-order valence-electron chi connectivity index (χ0n) is 11.3. The van der Waals surface area contributed by atoms with E-state index in [9.17, 15) is 5.11 Å². The molecule has 4 heteroatoms. The highest BCUT2D eigenvalue weighted by Gasteiger charge is 2.12. The van der Waals surface area contributed by atoms with Crippen molar-refractivity contribution in [2.24, 2.45) is 0 Å². The lowest BCUT2D eigenvalue weighted by Crippen LogP contribution is -2.32. The third-order valence-corrected chi connectivity index (χ3v) is 3.99. The van der Waals surface area contributed by atoms with E-state index in [-0.39, 0.29) is 6.61 Å². The van der Waals surface area contributed by atoms with Gasteiger partial charge in [-0.25, -0.2) is 4.98 Å². The average molecular weight is 259 g/mol. The number of aliphatic hydroxyl groups excluding tert-OH is 1. The van der Waals surface area contributed by atoms with E-state index >= 15 is 0 Å². The minimum atomic E-state index is 0.0822. The van der Waals surface area contributed by atoms with Crippen molar-refractivity contribution in [3.63, 3.8) is 0 Å². The van der Waals surface area contributed by atoms with Gasteiger partial charge in [-0.1, -0.05) is 6.42 Å². The summed E-state index contributed by atoms with van der Waals surface area (Å²) in [5.41, 5.74) is 1.96. The molecule has 0 aromatic carbocycles. The Morgan fingerprint density at radius 1 is 1.16 bits per heavy atom. The van der Waals surface area contributed by atoms with Gasteiger partial charge in [0.25, 0.3) is 0 Å². The second-order valence-corrected chi connectivity index (χ2v) is 5.28. The van der Waals surface area contributed by atoms with Gasteiger partial charge in [-0.05, 0) is 38.1 Å². The summed E-state index contributed by atoms with van der Waals surface area (Å²) in [5.74, 6) is 0. The van der Waals surface area contributed by atoms with E-state index in [0.29, 0.717) is 0 Å². The number of rotatable bonds is 4. The van der Waals surface area contributed by atoms with Crippen molar-refractivity contribution >= 4 is 11.0 Å². The Morgan fingerprint density at radius 3 is 2.79 bits per heavy atom. The van der Waals surface area contributed by atoms with Crippen LogP contribution >= 0.6 is 0 Å². The van der Waals surface area contributed by atoms with Crippen LogP contribution in [0.3, 0.4) is 0 Å². The molecule has 0 atom stereocenters. The number of piperidine rings is 1. The van der Waals surface area contributed by atoms with Crippen LogP contribution in [0.1, 0.15) is 24.8 Å². The largest absolute Gasteiger partial charge is 0.392 e. The van der Waals surface area contributed by atoms with Crippen LogP contribution in [-0.2, 0) is 13.2 Å². The molecule has 0 spiro atoms. The third-order valence-electron chi connectivity index (χ3n) is 3.99. The van der Waals surface area contributed by atoms with Gasteiger partial charge in [0.2, 0.25) is 0 Å². The van der Waals surface area contributed by atoms with Crippen LogP contribution in [0.2, 0.25) is 0 Å². The van der Waals surface area contributed by atoms with Gasteiger partial charge in [0.05, 0.1) is 6.61 Å². The summed E-state index contributed by atoms with van der Waals surface area (Å²) >= 11 is 0. The maximum Gasteiger partial charge on any atom is 0.140 e. The van der Waals surface area contributed by atoms with Crippen molar-refractivity contribution in [3.8, 4) is 0 Å². The van der Waals surface area contributed by atoms with Gasteiger partial charge in [0.1, 0.15) is 5.65 Å². The number of pyridine rings is 1. The molecule has 2 aromatic rings. The predicted octanol–water partition coefficient (Wildman–Crippen LogP) is 2.01. The van der Waals surface area contributed by atoms with E-state index in [2.05, 4.69) is 14.5 Å². The van der Waals surface area contributed by atoms with Crippen molar-refractivity contribution < 1.29 is 5.11 Å². The molecule has 19 heavy (non-hydrogen) atoms. The van der Waals surface area contributed by atoms with Crippen molar-refractivity contribution in [1.29, 1.82) is 0 Å². The molecule has 0 radical (unpaired) electrons. The number of aromatic nitrogens is 2. The second-order valence-electron chi connectivity index (χ2n) is 5.28. The fourth-order valence-corrected chi connectivity index (χ4v) is 2.92. The maximum absolute atomic E-state index is 9.41. The molecule has 1 aliphatic rings. The monoisotopic (exact) mass is 259 g/mol. The van der Waals surface area contributed by atoms with Gasteiger partial charge >= 0.3 is 0 Å². The molecular formula is C15H21N3O. The Hall–Kier alpha value is -1.39. The molecule has 2 aromatic heterocycles. The van der Waals surface area contributed by atoms with Gasteiger partial charge in [0, 0.05) is 36.4 Å². The van der Waals surface area contributed by atoms with Crippen LogP contribution in [0.25, 0.3) is 11.0 Å². The Balaban J connectivity index is 1.76. The van der Waals surface area contributed by atoms with Crippen LogP contribution in [-0.4, -0.2) is 39.2 Å². The quantitative estimate of drug-likeness (QED) is 0.913. The number of hydrogen-bond donors (Lipinski definition) is 1. The summed E-state index contributed by atoms with van der Waals surface area (Å²) in [6, 6.07) is 3.96. The highest BCUT2D eigenvalue weighted by atomic mass is 16.3. The Labute approximate surface area is 113 Å². The highest BCUT2D eigenvalue weighted by Crippen LogP contribution is 2.19. The van der Waals surface area contributed by atoms with Crippen LogP contribution < -0.4 is 0 Å². The summed E-state index contributed by atoms with van der Waals surface area (Å²) in [6.07, 6.45) is 7.89. The van der Waals surface area contributed by atoms with E-state index < -0.39 is 0 Å². The van der Waals surface area contributed by atoms with E-state index in [1.54, 1.807) is 0 Å². The van der Waals surface area contributed by atoms with Crippen LogP contribution in [0.5, 0.6) is 0 Å². The summed E-state index contributed by atoms with van der Waals surface area (Å²) < 4.78 is 2.18. The Bertz CT molecular complexity index is 543. The second kappa shape index (κ2) is 5.72. The zero-order chi connectivity index (χ0) is 13.1. The zero-order valence-corrected chi connectivity index (χ0v) is 11.3. The topological polar surface area (TPSA) is 41.3 Å². The SMILES string of the molecule is OCc1cn(CCN2CCCCC2)c2ncccc12. The first-order chi connectivity index (χ1) is 9.38. The minimum absolute atomic E-state index is 0.0822. The minimum Gasteiger partial charge on any atom is -0.392 e. The predicted molar refractivity (Wildman–Crippen MR) is 75.9 cm³/mol. The maximum atomic E-state index is 9.41. The van der Waals surface area contributed by atoms with E-state index in [1.807, 2.05) is 24.5 Å². The fourth-order valence-electron chi connectivity index (χ4n) is 2.92. The van der Waals surface area contributed by atoms with Gasteiger partial charge in [-0.15, -0.1) is 0 Å². The van der Waals surface area contributed by atoms with Gasteiger partial charge in [0.15, 0.2) is 0 Å². The number of fused-ring (bicyclic) bond motifs is 1. The molecule has 0 amide bonds. The van der Waals surface area contributed by atoms with Crippen molar-refractivity contribution in [3.05, 3.63) is 30.1 Å². The van der Waals surface area contributed by atoms with Crippen LogP contribution in [0.15, 0.2) is 24.5 Å². The fraction of sp³-hybridized carbons (Fsp3) is 0.533. The summed E-state index contributed by atoms with van der Waals surface area (Å²) in [7, 11) is 0. The van der Waals surface area contributed by atoms with E-state index in [1.165, 1.54) is 32.4 Å². The third kappa shape index (κ3) is 2.65.